The lowest BCUT2D eigenvalue weighted by Gasteiger charge is -2.07. The first-order valence-electron chi connectivity index (χ1n) is 5.89. The van der Waals surface area contributed by atoms with Gasteiger partial charge in [-0.15, -0.1) is 0 Å². The monoisotopic (exact) mass is 323 g/mol. The molecule has 0 amide bonds. The number of Topliss-reactive ketones (excluding diaryl/α,β-unsaturated/α-hetero) is 1. The van der Waals surface area contributed by atoms with E-state index >= 15 is 0 Å². The molecule has 1 heterocycles. The van der Waals surface area contributed by atoms with Gasteiger partial charge in [-0.05, 0) is 25.1 Å². The van der Waals surface area contributed by atoms with Gasteiger partial charge in [-0.25, -0.2) is 9.67 Å². The second-order valence-electron chi connectivity index (χ2n) is 3.94. The van der Waals surface area contributed by atoms with Gasteiger partial charge in [0, 0.05) is 16.6 Å². The molecule has 0 unspecified atom stereocenters. The van der Waals surface area contributed by atoms with Crippen molar-refractivity contribution in [1.29, 1.82) is 0 Å². The molecule has 0 saturated carbocycles. The molecule has 2 aromatic rings. The summed E-state index contributed by atoms with van der Waals surface area (Å²) < 4.78 is 7.60. The minimum Gasteiger partial charge on any atom is -0.497 e. The molecule has 100 valence electrons. The number of hydrogen-bond acceptors (Lipinski definition) is 4. The molecular weight excluding hydrogens is 310 g/mol. The zero-order valence-electron chi connectivity index (χ0n) is 10.8. The molecule has 0 saturated heterocycles. The van der Waals surface area contributed by atoms with E-state index in [0.29, 0.717) is 23.7 Å². The van der Waals surface area contributed by atoms with Crippen molar-refractivity contribution < 1.29 is 9.53 Å². The summed E-state index contributed by atoms with van der Waals surface area (Å²) in [5, 5.41) is 4.05. The third kappa shape index (κ3) is 3.01. The fourth-order valence-corrected chi connectivity index (χ4v) is 2.24. The lowest BCUT2D eigenvalue weighted by Crippen LogP contribution is -2.11. The molecule has 6 heteroatoms. The smallest absolute Gasteiger partial charge is 0.171 e. The van der Waals surface area contributed by atoms with Gasteiger partial charge in [-0.1, -0.05) is 15.9 Å². The van der Waals surface area contributed by atoms with Crippen LogP contribution in [0.1, 0.15) is 23.1 Å². The molecule has 0 aliphatic carbocycles. The summed E-state index contributed by atoms with van der Waals surface area (Å²) >= 11 is 3.38. The highest BCUT2D eigenvalue weighted by atomic mass is 79.9. The molecular formula is C13H14BrN3O2. The quantitative estimate of drug-likeness (QED) is 0.793. The molecule has 19 heavy (non-hydrogen) atoms. The molecule has 0 radical (unpaired) electrons. The molecule has 0 bridgehead atoms. The Morgan fingerprint density at radius 3 is 2.95 bits per heavy atom. The SMILES string of the molecule is CCn1ncnc1CC(=O)c1cc(OC)ccc1Br. The van der Waals surface area contributed by atoms with E-state index in [4.69, 9.17) is 4.74 Å². The number of aryl methyl sites for hydroxylation is 1. The Morgan fingerprint density at radius 2 is 2.26 bits per heavy atom. The van der Waals surface area contributed by atoms with Crippen molar-refractivity contribution >= 4 is 21.7 Å². The number of carbonyl (C=O) groups is 1. The van der Waals surface area contributed by atoms with Crippen molar-refractivity contribution in [2.24, 2.45) is 0 Å². The predicted molar refractivity (Wildman–Crippen MR) is 74.4 cm³/mol. The largest absolute Gasteiger partial charge is 0.497 e. The molecule has 0 atom stereocenters. The Hall–Kier alpha value is -1.69. The zero-order valence-corrected chi connectivity index (χ0v) is 12.3. The Labute approximate surface area is 119 Å². The average molecular weight is 324 g/mol. The van der Waals surface area contributed by atoms with Gasteiger partial charge >= 0.3 is 0 Å². The Morgan fingerprint density at radius 1 is 1.47 bits per heavy atom. The van der Waals surface area contributed by atoms with Crippen LogP contribution in [0.15, 0.2) is 29.0 Å². The highest BCUT2D eigenvalue weighted by Gasteiger charge is 2.15. The second kappa shape index (κ2) is 5.97. The lowest BCUT2D eigenvalue weighted by atomic mass is 10.1. The van der Waals surface area contributed by atoms with Crippen LogP contribution in [0, 0.1) is 0 Å². The number of ketones is 1. The highest BCUT2D eigenvalue weighted by molar-refractivity contribution is 9.10. The maximum atomic E-state index is 12.3. The third-order valence-corrected chi connectivity index (χ3v) is 3.48. The molecule has 0 spiro atoms. The number of hydrogen-bond donors (Lipinski definition) is 0. The number of rotatable bonds is 5. The third-order valence-electron chi connectivity index (χ3n) is 2.79. The molecule has 0 aliphatic rings. The molecule has 0 aliphatic heterocycles. The summed E-state index contributed by atoms with van der Waals surface area (Å²) in [6, 6.07) is 5.32. The van der Waals surface area contributed by atoms with Crippen LogP contribution in [-0.4, -0.2) is 27.7 Å². The molecule has 2 rings (SSSR count). The fourth-order valence-electron chi connectivity index (χ4n) is 1.77. The molecule has 1 aromatic carbocycles. The van der Waals surface area contributed by atoms with E-state index in [1.54, 1.807) is 30.0 Å². The van der Waals surface area contributed by atoms with Gasteiger partial charge in [0.1, 0.15) is 17.9 Å². The van der Waals surface area contributed by atoms with Crippen molar-refractivity contribution in [3.8, 4) is 5.75 Å². The van der Waals surface area contributed by atoms with Gasteiger partial charge < -0.3 is 4.74 Å². The standard InChI is InChI=1S/C13H14BrN3O2/c1-3-17-13(15-8-16-17)7-12(18)10-6-9(19-2)4-5-11(10)14/h4-6,8H,3,7H2,1-2H3. The van der Waals surface area contributed by atoms with E-state index in [1.165, 1.54) is 6.33 Å². The summed E-state index contributed by atoms with van der Waals surface area (Å²) in [6.45, 7) is 2.66. The van der Waals surface area contributed by atoms with Gasteiger partial charge in [0.2, 0.25) is 0 Å². The number of carbonyl (C=O) groups excluding carboxylic acids is 1. The van der Waals surface area contributed by atoms with E-state index in [0.717, 1.165) is 4.47 Å². The van der Waals surface area contributed by atoms with Crippen LogP contribution in [0.2, 0.25) is 0 Å². The van der Waals surface area contributed by atoms with Crippen molar-refractivity contribution in [3.05, 3.63) is 40.4 Å². The molecule has 5 nitrogen and oxygen atoms in total. The van der Waals surface area contributed by atoms with Crippen LogP contribution in [0.25, 0.3) is 0 Å². The fraction of sp³-hybridized carbons (Fsp3) is 0.308. The summed E-state index contributed by atoms with van der Waals surface area (Å²) in [5.74, 6) is 1.30. The van der Waals surface area contributed by atoms with Crippen LogP contribution in [0.3, 0.4) is 0 Å². The van der Waals surface area contributed by atoms with E-state index in [2.05, 4.69) is 26.0 Å². The Bertz CT molecular complexity index is 595. The second-order valence-corrected chi connectivity index (χ2v) is 4.79. The zero-order chi connectivity index (χ0) is 13.8. The summed E-state index contributed by atoms with van der Waals surface area (Å²) in [5.41, 5.74) is 0.588. The van der Waals surface area contributed by atoms with Crippen LogP contribution in [0.5, 0.6) is 5.75 Å². The van der Waals surface area contributed by atoms with Crippen LogP contribution in [-0.2, 0) is 13.0 Å². The highest BCUT2D eigenvalue weighted by Crippen LogP contribution is 2.23. The number of aromatic nitrogens is 3. The number of ether oxygens (including phenoxy) is 1. The number of methoxy groups -OCH3 is 1. The predicted octanol–water partition coefficient (Wildman–Crippen LogP) is 2.49. The maximum absolute atomic E-state index is 12.3. The Kier molecular flexibility index (Phi) is 4.31. The number of nitrogens with zero attached hydrogens (tertiary/aromatic N) is 3. The van der Waals surface area contributed by atoms with Crippen LogP contribution >= 0.6 is 15.9 Å². The van der Waals surface area contributed by atoms with Crippen molar-refractivity contribution in [2.45, 2.75) is 19.9 Å². The summed E-state index contributed by atoms with van der Waals surface area (Å²) in [6.07, 6.45) is 1.69. The number of benzene rings is 1. The topological polar surface area (TPSA) is 57.0 Å². The molecule has 0 fully saturated rings. The van der Waals surface area contributed by atoms with Gasteiger partial charge in [0.25, 0.3) is 0 Å². The molecule has 1 aromatic heterocycles. The van der Waals surface area contributed by atoms with Crippen LogP contribution < -0.4 is 4.74 Å². The van der Waals surface area contributed by atoms with Crippen molar-refractivity contribution in [2.75, 3.05) is 7.11 Å². The van der Waals surface area contributed by atoms with Crippen molar-refractivity contribution in [1.82, 2.24) is 14.8 Å². The summed E-state index contributed by atoms with van der Waals surface area (Å²) in [4.78, 5) is 16.4. The first-order valence-corrected chi connectivity index (χ1v) is 6.68. The lowest BCUT2D eigenvalue weighted by molar-refractivity contribution is 0.0988. The number of halogens is 1. The minimum atomic E-state index is -0.0199. The van der Waals surface area contributed by atoms with Crippen molar-refractivity contribution in [3.63, 3.8) is 0 Å². The van der Waals surface area contributed by atoms with E-state index < -0.39 is 0 Å². The Balaban J connectivity index is 2.25. The average Bonchev–Trinajstić information content (AvgIpc) is 2.86. The molecule has 0 N–H and O–H groups in total. The van der Waals surface area contributed by atoms with Gasteiger partial charge in [0.05, 0.1) is 13.5 Å². The van der Waals surface area contributed by atoms with Gasteiger partial charge in [-0.3, -0.25) is 4.79 Å². The van der Waals surface area contributed by atoms with E-state index in [-0.39, 0.29) is 12.2 Å². The first-order chi connectivity index (χ1) is 9.15. The van der Waals surface area contributed by atoms with Gasteiger partial charge in [0.15, 0.2) is 5.78 Å². The normalized spacial score (nSPS) is 10.5. The maximum Gasteiger partial charge on any atom is 0.171 e. The van der Waals surface area contributed by atoms with Gasteiger partial charge in [-0.2, -0.15) is 5.10 Å². The summed E-state index contributed by atoms with van der Waals surface area (Å²) in [7, 11) is 1.57. The van der Waals surface area contributed by atoms with E-state index in [9.17, 15) is 4.79 Å². The minimum absolute atomic E-state index is 0.0199. The first kappa shape index (κ1) is 13.7. The van der Waals surface area contributed by atoms with Crippen LogP contribution in [0.4, 0.5) is 0 Å². The van der Waals surface area contributed by atoms with E-state index in [1.807, 2.05) is 6.92 Å².